The van der Waals surface area contributed by atoms with E-state index in [2.05, 4.69) is 20.3 Å². The zero-order chi connectivity index (χ0) is 14.2. The van der Waals surface area contributed by atoms with Gasteiger partial charge >= 0.3 is 0 Å². The average Bonchev–Trinajstić information content (AvgIpc) is 3.16. The first-order valence-corrected chi connectivity index (χ1v) is 7.83. The molecule has 0 bridgehead atoms. The number of nitrogens with zero attached hydrogens (tertiary/aromatic N) is 4. The van der Waals surface area contributed by atoms with Crippen LogP contribution in [-0.2, 0) is 0 Å². The van der Waals surface area contributed by atoms with Crippen LogP contribution in [0.4, 0.5) is 10.3 Å². The standard InChI is InChI=1S/C15H20FN5/c16-11-6-7-14-18-15(19-21(14)10-11)20-9-2-1-5-13(20)12-4-3-8-17-12/h6-7,10,12-13,17H,1-5,8-9H2. The molecule has 0 amide bonds. The van der Waals surface area contributed by atoms with Crippen molar-refractivity contribution in [1.82, 2.24) is 19.9 Å². The molecule has 4 rings (SSSR count). The van der Waals surface area contributed by atoms with Gasteiger partial charge in [0.2, 0.25) is 5.95 Å². The second-order valence-electron chi connectivity index (χ2n) is 6.02. The third-order valence-electron chi connectivity index (χ3n) is 4.65. The van der Waals surface area contributed by atoms with Gasteiger partial charge in [-0.3, -0.25) is 0 Å². The van der Waals surface area contributed by atoms with Gasteiger partial charge in [0.25, 0.3) is 0 Å². The first-order chi connectivity index (χ1) is 10.3. The van der Waals surface area contributed by atoms with Gasteiger partial charge < -0.3 is 10.2 Å². The lowest BCUT2D eigenvalue weighted by Crippen LogP contribution is -2.50. The Labute approximate surface area is 123 Å². The smallest absolute Gasteiger partial charge is 0.245 e. The van der Waals surface area contributed by atoms with Crippen LogP contribution >= 0.6 is 0 Å². The fourth-order valence-electron chi connectivity index (χ4n) is 3.63. The number of fused-ring (bicyclic) bond motifs is 1. The summed E-state index contributed by atoms with van der Waals surface area (Å²) in [5.41, 5.74) is 0.704. The summed E-state index contributed by atoms with van der Waals surface area (Å²) in [7, 11) is 0. The molecule has 2 atom stereocenters. The molecule has 2 aliphatic rings. The predicted molar refractivity (Wildman–Crippen MR) is 79.0 cm³/mol. The monoisotopic (exact) mass is 289 g/mol. The van der Waals surface area contributed by atoms with E-state index in [-0.39, 0.29) is 5.82 Å². The maximum Gasteiger partial charge on any atom is 0.245 e. The first-order valence-electron chi connectivity index (χ1n) is 7.83. The topological polar surface area (TPSA) is 45.5 Å². The molecule has 2 unspecified atom stereocenters. The molecule has 6 heteroatoms. The van der Waals surface area contributed by atoms with E-state index in [1.807, 2.05) is 0 Å². The molecule has 2 saturated heterocycles. The Hall–Kier alpha value is -1.69. The Kier molecular flexibility index (Phi) is 3.25. The van der Waals surface area contributed by atoms with Crippen LogP contribution < -0.4 is 10.2 Å². The summed E-state index contributed by atoms with van der Waals surface area (Å²) in [5.74, 6) is 0.450. The van der Waals surface area contributed by atoms with Crippen LogP contribution in [0.3, 0.4) is 0 Å². The predicted octanol–water partition coefficient (Wildman–Crippen LogP) is 1.98. The van der Waals surface area contributed by atoms with Crippen molar-refractivity contribution >= 4 is 11.6 Å². The Balaban J connectivity index is 1.67. The second kappa shape index (κ2) is 5.26. The number of halogens is 1. The van der Waals surface area contributed by atoms with Crippen molar-refractivity contribution < 1.29 is 4.39 Å². The zero-order valence-electron chi connectivity index (χ0n) is 12.0. The average molecular weight is 289 g/mol. The summed E-state index contributed by atoms with van der Waals surface area (Å²) in [6.45, 7) is 2.10. The van der Waals surface area contributed by atoms with Gasteiger partial charge in [0, 0.05) is 18.6 Å². The highest BCUT2D eigenvalue weighted by Crippen LogP contribution is 2.27. The van der Waals surface area contributed by atoms with Gasteiger partial charge in [-0.05, 0) is 50.8 Å². The first kappa shape index (κ1) is 13.0. The number of hydrogen-bond acceptors (Lipinski definition) is 4. The van der Waals surface area contributed by atoms with Crippen LogP contribution in [0.15, 0.2) is 18.3 Å². The molecule has 5 nitrogen and oxygen atoms in total. The highest BCUT2D eigenvalue weighted by Gasteiger charge is 2.33. The molecule has 21 heavy (non-hydrogen) atoms. The molecule has 2 aromatic rings. The molecule has 0 saturated carbocycles. The summed E-state index contributed by atoms with van der Waals surface area (Å²) in [4.78, 5) is 6.90. The highest BCUT2D eigenvalue weighted by molar-refractivity contribution is 5.45. The van der Waals surface area contributed by atoms with E-state index in [1.165, 1.54) is 44.4 Å². The molecular weight excluding hydrogens is 269 g/mol. The van der Waals surface area contributed by atoms with E-state index < -0.39 is 0 Å². The number of aromatic nitrogens is 3. The van der Waals surface area contributed by atoms with E-state index in [9.17, 15) is 4.39 Å². The lowest BCUT2D eigenvalue weighted by Gasteiger charge is -2.38. The molecule has 0 spiro atoms. The van der Waals surface area contributed by atoms with Crippen molar-refractivity contribution in [2.24, 2.45) is 0 Å². The van der Waals surface area contributed by atoms with Gasteiger partial charge in [-0.1, -0.05) is 0 Å². The fourth-order valence-corrected chi connectivity index (χ4v) is 3.63. The van der Waals surface area contributed by atoms with Crippen molar-refractivity contribution in [1.29, 1.82) is 0 Å². The quantitative estimate of drug-likeness (QED) is 0.918. The van der Waals surface area contributed by atoms with E-state index in [0.29, 0.717) is 17.7 Å². The maximum absolute atomic E-state index is 13.3. The molecule has 2 aromatic heterocycles. The largest absolute Gasteiger partial charge is 0.335 e. The van der Waals surface area contributed by atoms with Crippen molar-refractivity contribution in [2.45, 2.75) is 44.2 Å². The van der Waals surface area contributed by atoms with E-state index >= 15 is 0 Å². The minimum atomic E-state index is -0.286. The second-order valence-corrected chi connectivity index (χ2v) is 6.02. The van der Waals surface area contributed by atoms with Gasteiger partial charge in [-0.15, -0.1) is 5.10 Å². The van der Waals surface area contributed by atoms with E-state index in [0.717, 1.165) is 19.0 Å². The summed E-state index contributed by atoms with van der Waals surface area (Å²) in [6.07, 6.45) is 7.48. The molecule has 2 aliphatic heterocycles. The van der Waals surface area contributed by atoms with Crippen LogP contribution in [0, 0.1) is 5.82 Å². The summed E-state index contributed by atoms with van der Waals surface area (Å²) in [6, 6.07) is 4.11. The van der Waals surface area contributed by atoms with E-state index in [1.54, 1.807) is 10.6 Å². The third-order valence-corrected chi connectivity index (χ3v) is 4.65. The van der Waals surface area contributed by atoms with Gasteiger partial charge in [0.1, 0.15) is 5.82 Å². The third kappa shape index (κ3) is 2.37. The van der Waals surface area contributed by atoms with Crippen LogP contribution in [0.1, 0.15) is 32.1 Å². The van der Waals surface area contributed by atoms with Crippen molar-refractivity contribution in [2.75, 3.05) is 18.0 Å². The van der Waals surface area contributed by atoms with Crippen molar-refractivity contribution in [3.63, 3.8) is 0 Å². The van der Waals surface area contributed by atoms with Crippen LogP contribution in [0.25, 0.3) is 5.65 Å². The highest BCUT2D eigenvalue weighted by atomic mass is 19.1. The Morgan fingerprint density at radius 2 is 2.14 bits per heavy atom. The van der Waals surface area contributed by atoms with Gasteiger partial charge in [0.05, 0.1) is 6.20 Å². The lowest BCUT2D eigenvalue weighted by molar-refractivity contribution is 0.374. The minimum Gasteiger partial charge on any atom is -0.335 e. The molecular formula is C15H20FN5. The number of hydrogen-bond donors (Lipinski definition) is 1. The van der Waals surface area contributed by atoms with Crippen molar-refractivity contribution in [3.8, 4) is 0 Å². The number of nitrogens with one attached hydrogen (secondary N) is 1. The number of piperidine rings is 1. The minimum absolute atomic E-state index is 0.286. The maximum atomic E-state index is 13.3. The molecule has 1 N–H and O–H groups in total. The molecule has 0 aromatic carbocycles. The van der Waals surface area contributed by atoms with Crippen LogP contribution in [0.2, 0.25) is 0 Å². The van der Waals surface area contributed by atoms with E-state index in [4.69, 9.17) is 0 Å². The molecule has 4 heterocycles. The summed E-state index contributed by atoms with van der Waals surface area (Å²) >= 11 is 0. The normalized spacial score (nSPS) is 26.6. The Bertz CT molecular complexity index is 634. The summed E-state index contributed by atoms with van der Waals surface area (Å²) in [5, 5.41) is 8.09. The fraction of sp³-hybridized carbons (Fsp3) is 0.600. The Morgan fingerprint density at radius 1 is 1.19 bits per heavy atom. The zero-order valence-corrected chi connectivity index (χ0v) is 12.0. The number of anilines is 1. The number of rotatable bonds is 2. The van der Waals surface area contributed by atoms with Crippen molar-refractivity contribution in [3.05, 3.63) is 24.1 Å². The SMILES string of the molecule is Fc1ccc2nc(N3CCCCC3C3CCCN3)nn2c1. The molecule has 112 valence electrons. The Morgan fingerprint density at radius 3 is 3.00 bits per heavy atom. The summed E-state index contributed by atoms with van der Waals surface area (Å²) < 4.78 is 14.8. The van der Waals surface area contributed by atoms with Gasteiger partial charge in [-0.25, -0.2) is 8.91 Å². The molecule has 2 fully saturated rings. The number of pyridine rings is 1. The molecule has 0 aliphatic carbocycles. The molecule has 0 radical (unpaired) electrons. The lowest BCUT2D eigenvalue weighted by atomic mass is 9.95. The van der Waals surface area contributed by atoms with Crippen LogP contribution in [-0.4, -0.2) is 39.8 Å². The van der Waals surface area contributed by atoms with Gasteiger partial charge in [0.15, 0.2) is 5.65 Å². The van der Waals surface area contributed by atoms with Crippen LogP contribution in [0.5, 0.6) is 0 Å². The van der Waals surface area contributed by atoms with Gasteiger partial charge in [-0.2, -0.15) is 4.98 Å².